The van der Waals surface area contributed by atoms with Gasteiger partial charge in [-0.05, 0) is 91.8 Å². The molecule has 0 saturated heterocycles. The van der Waals surface area contributed by atoms with Gasteiger partial charge in [0.25, 0.3) is 0 Å². The third kappa shape index (κ3) is 4.32. The molecule has 0 bridgehead atoms. The van der Waals surface area contributed by atoms with Gasteiger partial charge in [0.15, 0.2) is 5.78 Å². The number of alkyl halides is 5. The Morgan fingerprint density at radius 1 is 1.00 bits per heavy atom. The lowest BCUT2D eigenvalue weighted by atomic mass is 9.50. The number of nitrogens with zero attached hydrogens (tertiary/aromatic N) is 1. The monoisotopic (exact) mass is 551 g/mol. The summed E-state index contributed by atoms with van der Waals surface area (Å²) in [4.78, 5) is 14.5. The maximum Gasteiger partial charge on any atom is 0.456 e. The summed E-state index contributed by atoms with van der Waals surface area (Å²) < 4.78 is 71.4. The Hall–Kier alpha value is -2.06. The predicted octanol–water partition coefficient (Wildman–Crippen LogP) is 7.36. The van der Waals surface area contributed by atoms with Crippen LogP contribution in [0.2, 0.25) is 0 Å². The van der Waals surface area contributed by atoms with E-state index in [4.69, 9.17) is 0 Å². The highest BCUT2D eigenvalue weighted by Crippen LogP contribution is 2.70. The van der Waals surface area contributed by atoms with Gasteiger partial charge < -0.3 is 5.11 Å². The predicted molar refractivity (Wildman–Crippen MR) is 139 cm³/mol. The van der Waals surface area contributed by atoms with Crippen LogP contribution in [-0.2, 0) is 11.3 Å². The Kier molecular flexibility index (Phi) is 7.15. The summed E-state index contributed by atoms with van der Waals surface area (Å²) in [6.07, 6.45) is -2.47. The molecule has 0 aliphatic heterocycles. The van der Waals surface area contributed by atoms with Crippen LogP contribution >= 0.6 is 0 Å². The van der Waals surface area contributed by atoms with Crippen molar-refractivity contribution in [2.75, 3.05) is 13.1 Å². The van der Waals surface area contributed by atoms with Gasteiger partial charge in [-0.2, -0.15) is 22.0 Å². The molecular weight excluding hydrogens is 513 g/mol. The van der Waals surface area contributed by atoms with Crippen molar-refractivity contribution in [2.45, 2.75) is 95.9 Å². The highest BCUT2D eigenvalue weighted by molar-refractivity contribution is 5.93. The second-order valence-corrected chi connectivity index (χ2v) is 12.2. The fourth-order valence-corrected chi connectivity index (χ4v) is 8.28. The van der Waals surface area contributed by atoms with Gasteiger partial charge in [-0.3, -0.25) is 9.69 Å². The van der Waals surface area contributed by atoms with Crippen molar-refractivity contribution in [2.24, 2.45) is 17.3 Å². The number of carbonyl (C=O) groups is 1. The number of allylic oxidation sites excluding steroid dienone is 4. The third-order valence-corrected chi connectivity index (χ3v) is 10.4. The number of fused-ring (bicyclic) bond motifs is 4. The van der Waals surface area contributed by atoms with Crippen LogP contribution in [0.4, 0.5) is 22.0 Å². The summed E-state index contributed by atoms with van der Waals surface area (Å²) in [7, 11) is 0. The van der Waals surface area contributed by atoms with Gasteiger partial charge in [-0.1, -0.05) is 50.6 Å². The fraction of sp³-hybridized carbons (Fsp3) is 0.645. The molecule has 0 radical (unpaired) electrons. The van der Waals surface area contributed by atoms with Crippen molar-refractivity contribution >= 4 is 5.78 Å². The first-order valence-corrected chi connectivity index (χ1v) is 14.2. The van der Waals surface area contributed by atoms with Crippen LogP contribution < -0.4 is 0 Å². The summed E-state index contributed by atoms with van der Waals surface area (Å²) >= 11 is 0. The summed E-state index contributed by atoms with van der Waals surface area (Å²) in [6, 6.07) is 7.97. The van der Waals surface area contributed by atoms with Gasteiger partial charge in [0, 0.05) is 24.3 Å². The second kappa shape index (κ2) is 9.79. The van der Waals surface area contributed by atoms with E-state index >= 15 is 8.78 Å². The van der Waals surface area contributed by atoms with Crippen LogP contribution in [0.25, 0.3) is 0 Å². The number of rotatable bonds is 6. The molecule has 0 amide bonds. The van der Waals surface area contributed by atoms with Crippen LogP contribution in [0.5, 0.6) is 0 Å². The van der Waals surface area contributed by atoms with Gasteiger partial charge >= 0.3 is 12.1 Å². The number of aliphatic hydroxyl groups is 1. The average Bonchev–Trinajstić information content (AvgIpc) is 3.17. The molecule has 1 N–H and O–H groups in total. The molecule has 2 unspecified atom stereocenters. The standard InChI is InChI=1S/C31H38F5NO2/c1-4-37(5-2)18-19-6-8-20(9-7-19)25-17-28(3)26(14-15-29(28,39)30(32,33)31(34,35)36)24-12-10-21-16-22(38)11-13-23(21)27(24)25/h6-9,16,24-26,39H,4-5,10-15,17-18H2,1-3H3/t24?,25-,26?,28+,29+/m1/s1. The Bertz CT molecular complexity index is 1180. The molecule has 0 spiro atoms. The number of halogens is 5. The van der Waals surface area contributed by atoms with E-state index in [1.54, 1.807) is 6.08 Å². The minimum atomic E-state index is -5.84. The maximum absolute atomic E-state index is 15.1. The normalized spacial score (nSPS) is 33.1. The Labute approximate surface area is 227 Å². The highest BCUT2D eigenvalue weighted by atomic mass is 19.4. The molecule has 214 valence electrons. The Morgan fingerprint density at radius 2 is 1.67 bits per heavy atom. The van der Waals surface area contributed by atoms with E-state index in [-0.39, 0.29) is 24.5 Å². The number of hydrogen-bond donors (Lipinski definition) is 1. The second-order valence-electron chi connectivity index (χ2n) is 12.2. The molecule has 0 aromatic heterocycles. The van der Waals surface area contributed by atoms with Crippen LogP contribution in [0.15, 0.2) is 47.1 Å². The largest absolute Gasteiger partial charge is 0.456 e. The topological polar surface area (TPSA) is 40.5 Å². The molecular formula is C31H38F5NO2. The van der Waals surface area contributed by atoms with Crippen molar-refractivity contribution in [1.29, 1.82) is 0 Å². The summed E-state index contributed by atoms with van der Waals surface area (Å²) in [5.74, 6) is -6.24. The molecule has 5 atom stereocenters. The van der Waals surface area contributed by atoms with E-state index in [1.165, 1.54) is 6.92 Å². The minimum absolute atomic E-state index is 0.00574. The lowest BCUT2D eigenvalue weighted by molar-refractivity contribution is -0.362. The first-order valence-electron chi connectivity index (χ1n) is 14.2. The molecule has 1 aromatic carbocycles. The van der Waals surface area contributed by atoms with E-state index in [0.717, 1.165) is 47.5 Å². The smallest absolute Gasteiger partial charge is 0.383 e. The molecule has 3 nitrogen and oxygen atoms in total. The van der Waals surface area contributed by atoms with Crippen LogP contribution in [-0.4, -0.2) is 46.6 Å². The molecule has 1 aromatic rings. The Balaban J connectivity index is 1.62. The maximum atomic E-state index is 15.1. The van der Waals surface area contributed by atoms with Crippen molar-refractivity contribution < 1.29 is 31.9 Å². The van der Waals surface area contributed by atoms with Gasteiger partial charge in [0.2, 0.25) is 0 Å². The van der Waals surface area contributed by atoms with Gasteiger partial charge in [0.05, 0.1) is 0 Å². The van der Waals surface area contributed by atoms with Crippen molar-refractivity contribution in [3.8, 4) is 0 Å². The molecule has 5 rings (SSSR count). The average molecular weight is 552 g/mol. The zero-order chi connectivity index (χ0) is 28.4. The minimum Gasteiger partial charge on any atom is -0.383 e. The van der Waals surface area contributed by atoms with Gasteiger partial charge in [-0.15, -0.1) is 0 Å². The fourth-order valence-electron chi connectivity index (χ4n) is 8.28. The van der Waals surface area contributed by atoms with Crippen LogP contribution in [0, 0.1) is 17.3 Å². The van der Waals surface area contributed by atoms with E-state index < -0.39 is 41.4 Å². The zero-order valence-electron chi connectivity index (χ0n) is 22.9. The molecule has 2 saturated carbocycles. The molecule has 39 heavy (non-hydrogen) atoms. The zero-order valence-corrected chi connectivity index (χ0v) is 22.9. The summed E-state index contributed by atoms with van der Waals surface area (Å²) in [5, 5.41) is 11.4. The van der Waals surface area contributed by atoms with Crippen molar-refractivity contribution in [3.63, 3.8) is 0 Å². The number of benzene rings is 1. The molecule has 2 fully saturated rings. The first kappa shape index (κ1) is 28.5. The van der Waals surface area contributed by atoms with E-state index in [9.17, 15) is 23.1 Å². The number of carbonyl (C=O) groups excluding carboxylic acids is 1. The van der Waals surface area contributed by atoms with E-state index in [2.05, 4.69) is 18.7 Å². The SMILES string of the molecule is CCN(CC)Cc1ccc([C@H]2C[C@@]3(C)C(CC[C@@]3(O)C(F)(F)C(F)(F)F)C3CCC4=CC(=O)CCC4=C32)cc1. The highest BCUT2D eigenvalue weighted by Gasteiger charge is 2.79. The summed E-state index contributed by atoms with van der Waals surface area (Å²) in [5.41, 5.74) is 0.327. The molecule has 4 aliphatic rings. The van der Waals surface area contributed by atoms with Crippen LogP contribution in [0.3, 0.4) is 0 Å². The number of ketones is 1. The van der Waals surface area contributed by atoms with Crippen LogP contribution in [0.1, 0.15) is 82.8 Å². The quantitative estimate of drug-likeness (QED) is 0.376. The molecule has 8 heteroatoms. The van der Waals surface area contributed by atoms with Gasteiger partial charge in [-0.25, -0.2) is 0 Å². The van der Waals surface area contributed by atoms with Crippen molar-refractivity contribution in [1.82, 2.24) is 4.90 Å². The molecule has 0 heterocycles. The lowest BCUT2D eigenvalue weighted by Crippen LogP contribution is -2.65. The molecule has 4 aliphatic carbocycles. The number of hydrogen-bond acceptors (Lipinski definition) is 3. The lowest BCUT2D eigenvalue weighted by Gasteiger charge is -2.56. The Morgan fingerprint density at radius 3 is 2.28 bits per heavy atom. The summed E-state index contributed by atoms with van der Waals surface area (Å²) in [6.45, 7) is 8.21. The van der Waals surface area contributed by atoms with E-state index in [0.29, 0.717) is 25.7 Å². The van der Waals surface area contributed by atoms with Gasteiger partial charge in [0.1, 0.15) is 5.60 Å². The van der Waals surface area contributed by atoms with E-state index in [1.807, 2.05) is 24.3 Å². The third-order valence-electron chi connectivity index (χ3n) is 10.4. The van der Waals surface area contributed by atoms with Crippen molar-refractivity contribution in [3.05, 3.63) is 58.2 Å². The first-order chi connectivity index (χ1) is 18.3.